The van der Waals surface area contributed by atoms with Gasteiger partial charge < -0.3 is 15.4 Å². The Morgan fingerprint density at radius 1 is 1.08 bits per heavy atom. The zero-order valence-corrected chi connectivity index (χ0v) is 16.5. The van der Waals surface area contributed by atoms with Crippen molar-refractivity contribution in [2.24, 2.45) is 0 Å². The van der Waals surface area contributed by atoms with Gasteiger partial charge >= 0.3 is 0 Å². The van der Waals surface area contributed by atoms with Crippen molar-refractivity contribution in [3.8, 4) is 5.75 Å². The van der Waals surface area contributed by atoms with E-state index in [4.69, 9.17) is 4.74 Å². The van der Waals surface area contributed by atoms with Crippen LogP contribution in [0.5, 0.6) is 5.75 Å². The summed E-state index contributed by atoms with van der Waals surface area (Å²) in [5.74, 6) is 0.670. The quantitative estimate of drug-likeness (QED) is 0.654. The fourth-order valence-corrected chi connectivity index (χ4v) is 2.94. The molecule has 0 heterocycles. The number of hydrogen-bond acceptors (Lipinski definition) is 3. The summed E-state index contributed by atoms with van der Waals surface area (Å²) in [4.78, 5) is 12.1. The average Bonchev–Trinajstić information content (AvgIpc) is 2.59. The monoisotopic (exact) mass is 356 g/mol. The molecule has 0 aromatic heterocycles. The first kappa shape index (κ1) is 20.2. The van der Waals surface area contributed by atoms with Crippen molar-refractivity contribution in [2.75, 3.05) is 13.2 Å². The fourth-order valence-electron chi connectivity index (χ4n) is 2.94. The minimum atomic E-state index is -0.256. The molecule has 2 rings (SSSR count). The average molecular weight is 357 g/mol. The van der Waals surface area contributed by atoms with Crippen molar-refractivity contribution < 1.29 is 9.53 Å². The van der Waals surface area contributed by atoms with E-state index in [0.717, 1.165) is 24.4 Å². The Labute approximate surface area is 157 Å². The summed E-state index contributed by atoms with van der Waals surface area (Å²) >= 11 is 0. The van der Waals surface area contributed by atoms with E-state index in [1.54, 1.807) is 0 Å². The third-order valence-corrected chi connectivity index (χ3v) is 4.13. The molecule has 2 aromatic rings. The molecular formula is C22H32N2O2. The van der Waals surface area contributed by atoms with Gasteiger partial charge in [-0.2, -0.15) is 0 Å². The van der Waals surface area contributed by atoms with E-state index in [-0.39, 0.29) is 18.1 Å². The maximum Gasteiger partial charge on any atom is 0.258 e. The zero-order valence-electron chi connectivity index (χ0n) is 16.5. The van der Waals surface area contributed by atoms with E-state index in [9.17, 15) is 4.79 Å². The Hall–Kier alpha value is -2.07. The number of carbonyl (C=O) groups excluding carboxylic acids is 1. The van der Waals surface area contributed by atoms with Crippen molar-refractivity contribution >= 4 is 16.7 Å². The number of amides is 1. The summed E-state index contributed by atoms with van der Waals surface area (Å²) in [6.45, 7) is 9.85. The number of nitrogens with one attached hydrogen (secondary N) is 2. The van der Waals surface area contributed by atoms with E-state index < -0.39 is 0 Å². The lowest BCUT2D eigenvalue weighted by Gasteiger charge is -2.21. The Morgan fingerprint density at radius 3 is 2.58 bits per heavy atom. The number of carbonyl (C=O) groups is 1. The van der Waals surface area contributed by atoms with Crippen molar-refractivity contribution in [1.82, 2.24) is 10.6 Å². The molecule has 4 heteroatoms. The fraction of sp³-hybridized carbons (Fsp3) is 0.500. The first-order valence-corrected chi connectivity index (χ1v) is 9.56. The Bertz CT molecular complexity index is 720. The third kappa shape index (κ3) is 6.34. The predicted molar refractivity (Wildman–Crippen MR) is 109 cm³/mol. The molecule has 0 aliphatic heterocycles. The van der Waals surface area contributed by atoms with Crippen LogP contribution in [0, 0.1) is 0 Å². The predicted octanol–water partition coefficient (Wildman–Crippen LogP) is 4.41. The van der Waals surface area contributed by atoms with E-state index in [1.807, 2.05) is 45.0 Å². The van der Waals surface area contributed by atoms with Crippen LogP contribution in [0.3, 0.4) is 0 Å². The maximum atomic E-state index is 12.1. The highest BCUT2D eigenvalue weighted by Crippen LogP contribution is 2.28. The number of benzene rings is 2. The van der Waals surface area contributed by atoms with Gasteiger partial charge in [-0.15, -0.1) is 0 Å². The summed E-state index contributed by atoms with van der Waals surface area (Å²) in [7, 11) is 0. The molecule has 0 bridgehead atoms. The van der Waals surface area contributed by atoms with Crippen molar-refractivity contribution in [3.63, 3.8) is 0 Å². The highest BCUT2D eigenvalue weighted by atomic mass is 16.5. The van der Waals surface area contributed by atoms with Crippen LogP contribution in [0.1, 0.15) is 52.5 Å². The smallest absolute Gasteiger partial charge is 0.258 e. The Morgan fingerprint density at radius 2 is 1.85 bits per heavy atom. The lowest BCUT2D eigenvalue weighted by atomic mass is 10.0. The molecule has 26 heavy (non-hydrogen) atoms. The maximum absolute atomic E-state index is 12.1. The topological polar surface area (TPSA) is 50.4 Å². The van der Waals surface area contributed by atoms with Crippen LogP contribution < -0.4 is 15.4 Å². The number of unbranched alkanes of at least 4 members (excludes halogenated alkanes) is 2. The summed E-state index contributed by atoms with van der Waals surface area (Å²) in [6.07, 6.45) is 3.62. The number of hydrogen-bond donors (Lipinski definition) is 2. The summed E-state index contributed by atoms with van der Waals surface area (Å²) in [6, 6.07) is 12.3. The molecule has 4 nitrogen and oxygen atoms in total. The molecule has 2 aromatic carbocycles. The molecule has 0 saturated heterocycles. The molecule has 0 spiro atoms. The second kappa shape index (κ2) is 9.58. The van der Waals surface area contributed by atoms with Gasteiger partial charge in [-0.25, -0.2) is 0 Å². The molecule has 0 radical (unpaired) electrons. The van der Waals surface area contributed by atoms with Gasteiger partial charge in [0.25, 0.3) is 5.91 Å². The van der Waals surface area contributed by atoms with Gasteiger partial charge in [0, 0.05) is 17.6 Å². The molecule has 0 atom stereocenters. The van der Waals surface area contributed by atoms with Crippen molar-refractivity contribution in [3.05, 3.63) is 42.0 Å². The van der Waals surface area contributed by atoms with Crippen molar-refractivity contribution in [2.45, 2.75) is 59.0 Å². The van der Waals surface area contributed by atoms with Crippen LogP contribution in [0.2, 0.25) is 0 Å². The van der Waals surface area contributed by atoms with E-state index >= 15 is 0 Å². The summed E-state index contributed by atoms with van der Waals surface area (Å²) < 4.78 is 5.88. The van der Waals surface area contributed by atoms with Gasteiger partial charge in [0.2, 0.25) is 0 Å². The Kier molecular flexibility index (Phi) is 7.46. The van der Waals surface area contributed by atoms with Crippen LogP contribution in [-0.2, 0) is 11.3 Å². The number of rotatable bonds is 9. The SMILES string of the molecule is CCCCCNCc1c(OCC(=O)NC(C)(C)C)ccc2ccccc12. The molecule has 142 valence electrons. The van der Waals surface area contributed by atoms with Crippen LogP contribution >= 0.6 is 0 Å². The normalized spacial score (nSPS) is 11.5. The lowest BCUT2D eigenvalue weighted by molar-refractivity contribution is -0.124. The van der Waals surface area contributed by atoms with Gasteiger partial charge in [0.15, 0.2) is 6.61 Å². The molecule has 0 saturated carbocycles. The van der Waals surface area contributed by atoms with Crippen LogP contribution in [0.25, 0.3) is 10.8 Å². The zero-order chi connectivity index (χ0) is 19.0. The molecule has 0 fully saturated rings. The minimum Gasteiger partial charge on any atom is -0.483 e. The van der Waals surface area contributed by atoms with Crippen LogP contribution in [0.4, 0.5) is 0 Å². The number of fused-ring (bicyclic) bond motifs is 1. The highest BCUT2D eigenvalue weighted by molar-refractivity contribution is 5.88. The standard InChI is InChI=1S/C22H32N2O2/c1-5-6-9-14-23-15-19-18-11-8-7-10-17(18)12-13-20(19)26-16-21(25)24-22(2,3)4/h7-8,10-13,23H,5-6,9,14-16H2,1-4H3,(H,24,25). The van der Waals surface area contributed by atoms with E-state index in [2.05, 4.69) is 29.7 Å². The van der Waals surface area contributed by atoms with Crippen molar-refractivity contribution in [1.29, 1.82) is 0 Å². The third-order valence-electron chi connectivity index (χ3n) is 4.13. The summed E-state index contributed by atoms with van der Waals surface area (Å²) in [5.41, 5.74) is 0.858. The molecule has 0 aliphatic carbocycles. The lowest BCUT2D eigenvalue weighted by Crippen LogP contribution is -2.43. The largest absolute Gasteiger partial charge is 0.483 e. The minimum absolute atomic E-state index is 0.0262. The first-order valence-electron chi connectivity index (χ1n) is 9.56. The highest BCUT2D eigenvalue weighted by Gasteiger charge is 2.15. The molecule has 0 aliphatic rings. The molecule has 2 N–H and O–H groups in total. The second-order valence-electron chi connectivity index (χ2n) is 7.73. The van der Waals surface area contributed by atoms with Crippen LogP contribution in [-0.4, -0.2) is 24.6 Å². The van der Waals surface area contributed by atoms with Gasteiger partial charge in [0.1, 0.15) is 5.75 Å². The molecular weight excluding hydrogens is 324 g/mol. The molecule has 1 amide bonds. The second-order valence-corrected chi connectivity index (χ2v) is 7.73. The summed E-state index contributed by atoms with van der Waals surface area (Å²) in [5, 5.41) is 8.80. The molecule has 0 unspecified atom stereocenters. The number of ether oxygens (including phenoxy) is 1. The van der Waals surface area contributed by atoms with Crippen LogP contribution in [0.15, 0.2) is 36.4 Å². The van der Waals surface area contributed by atoms with Gasteiger partial charge in [0.05, 0.1) is 0 Å². The van der Waals surface area contributed by atoms with Gasteiger partial charge in [-0.05, 0) is 50.6 Å². The Balaban J connectivity index is 2.11. The van der Waals surface area contributed by atoms with E-state index in [0.29, 0.717) is 0 Å². The first-order chi connectivity index (χ1) is 12.4. The van der Waals surface area contributed by atoms with Gasteiger partial charge in [-0.1, -0.05) is 50.1 Å². The van der Waals surface area contributed by atoms with Gasteiger partial charge in [-0.3, -0.25) is 4.79 Å². The van der Waals surface area contributed by atoms with E-state index in [1.165, 1.54) is 30.0 Å².